The number of alkyl halides is 3. The van der Waals surface area contributed by atoms with Crippen LogP contribution in [-0.4, -0.2) is 4.98 Å². The minimum absolute atomic E-state index is 0.101. The topological polar surface area (TPSA) is 12.9 Å². The Morgan fingerprint density at radius 1 is 1.38 bits per heavy atom. The van der Waals surface area contributed by atoms with E-state index in [2.05, 4.69) is 20.9 Å². The van der Waals surface area contributed by atoms with Crippen molar-refractivity contribution in [1.29, 1.82) is 0 Å². The molecular formula is C7H4BrF4N. The lowest BCUT2D eigenvalue weighted by Crippen LogP contribution is -2.01. The first kappa shape index (κ1) is 10.4. The van der Waals surface area contributed by atoms with Crippen LogP contribution < -0.4 is 0 Å². The molecular weight excluding hydrogens is 254 g/mol. The van der Waals surface area contributed by atoms with Crippen LogP contribution in [0.4, 0.5) is 17.6 Å². The van der Waals surface area contributed by atoms with Crippen molar-refractivity contribution in [2.75, 3.05) is 0 Å². The van der Waals surface area contributed by atoms with Crippen molar-refractivity contribution < 1.29 is 17.6 Å². The van der Waals surface area contributed by atoms with Crippen LogP contribution in [0.25, 0.3) is 0 Å². The highest BCUT2D eigenvalue weighted by Crippen LogP contribution is 2.24. The van der Waals surface area contributed by atoms with E-state index in [1.54, 1.807) is 0 Å². The largest absolute Gasteiger partial charge is 0.266 e. The molecule has 0 aromatic carbocycles. The molecule has 0 saturated carbocycles. The van der Waals surface area contributed by atoms with Crippen LogP contribution in [-0.2, 0) is 5.33 Å². The van der Waals surface area contributed by atoms with Crippen LogP contribution >= 0.6 is 15.9 Å². The van der Waals surface area contributed by atoms with Crippen LogP contribution in [0.3, 0.4) is 0 Å². The fourth-order valence-electron chi connectivity index (χ4n) is 0.816. The number of halogens is 5. The summed E-state index contributed by atoms with van der Waals surface area (Å²) in [4.78, 5) is 3.11. The van der Waals surface area contributed by atoms with Gasteiger partial charge in [0.1, 0.15) is 0 Å². The molecule has 1 nitrogen and oxygen atoms in total. The molecule has 13 heavy (non-hydrogen) atoms. The molecule has 72 valence electrons. The van der Waals surface area contributed by atoms with Gasteiger partial charge < -0.3 is 0 Å². The minimum atomic E-state index is -3.03. The zero-order valence-electron chi connectivity index (χ0n) is 6.20. The molecule has 0 aliphatic rings. The maximum absolute atomic E-state index is 13.0. The molecule has 0 radical (unpaired) electrons. The van der Waals surface area contributed by atoms with E-state index in [9.17, 15) is 17.6 Å². The summed E-state index contributed by atoms with van der Waals surface area (Å²) in [5.74, 6) is -2.26. The van der Waals surface area contributed by atoms with Crippen molar-refractivity contribution >= 4 is 15.9 Å². The lowest BCUT2D eigenvalue weighted by molar-refractivity contribution is 0.145. The third-order valence-electron chi connectivity index (χ3n) is 1.38. The quantitative estimate of drug-likeness (QED) is 0.451. The van der Waals surface area contributed by atoms with E-state index in [1.807, 2.05) is 0 Å². The van der Waals surface area contributed by atoms with Gasteiger partial charge in [-0.15, -0.1) is 0 Å². The summed E-state index contributed by atoms with van der Waals surface area (Å²) < 4.78 is 49.6. The standard InChI is InChI=1S/C7H4BrF4N/c8-2-4-6(10)3(7(11)12)1-5(9)13-4/h1,7H,2H2. The summed E-state index contributed by atoms with van der Waals surface area (Å²) in [6.45, 7) is 0. The van der Waals surface area contributed by atoms with E-state index in [0.29, 0.717) is 6.07 Å². The number of aromatic nitrogens is 1. The Hall–Kier alpha value is -0.650. The molecule has 0 atom stereocenters. The van der Waals surface area contributed by atoms with Gasteiger partial charge in [-0.1, -0.05) is 15.9 Å². The van der Waals surface area contributed by atoms with E-state index < -0.39 is 23.8 Å². The van der Waals surface area contributed by atoms with Gasteiger partial charge in [-0.2, -0.15) is 4.39 Å². The number of hydrogen-bond acceptors (Lipinski definition) is 1. The van der Waals surface area contributed by atoms with Gasteiger partial charge in [0.05, 0.1) is 11.3 Å². The van der Waals surface area contributed by atoms with Crippen LogP contribution in [0.15, 0.2) is 6.07 Å². The Morgan fingerprint density at radius 3 is 2.46 bits per heavy atom. The number of hydrogen-bond donors (Lipinski definition) is 0. The average Bonchev–Trinajstić information content (AvgIpc) is 2.08. The predicted octanol–water partition coefficient (Wildman–Crippen LogP) is 3.19. The number of nitrogens with zero attached hydrogens (tertiary/aromatic N) is 1. The Morgan fingerprint density at radius 2 is 2.00 bits per heavy atom. The predicted molar refractivity (Wildman–Crippen MR) is 41.7 cm³/mol. The van der Waals surface area contributed by atoms with Crippen molar-refractivity contribution in [1.82, 2.24) is 4.98 Å². The third-order valence-corrected chi connectivity index (χ3v) is 1.92. The van der Waals surface area contributed by atoms with Crippen LogP contribution in [0, 0.1) is 11.8 Å². The van der Waals surface area contributed by atoms with E-state index in [1.165, 1.54) is 0 Å². The zero-order chi connectivity index (χ0) is 10.0. The molecule has 6 heteroatoms. The lowest BCUT2D eigenvalue weighted by Gasteiger charge is -2.04. The zero-order valence-corrected chi connectivity index (χ0v) is 7.78. The molecule has 0 unspecified atom stereocenters. The molecule has 1 aromatic heterocycles. The van der Waals surface area contributed by atoms with E-state index in [4.69, 9.17) is 0 Å². The first-order valence-electron chi connectivity index (χ1n) is 3.25. The highest BCUT2D eigenvalue weighted by atomic mass is 79.9. The van der Waals surface area contributed by atoms with Gasteiger partial charge in [-0.25, -0.2) is 18.2 Å². The Labute approximate surface area is 79.9 Å². The Balaban J connectivity index is 3.27. The molecule has 0 saturated heterocycles. The number of pyridine rings is 1. The van der Waals surface area contributed by atoms with E-state index in [0.717, 1.165) is 0 Å². The van der Waals surface area contributed by atoms with Crippen molar-refractivity contribution in [3.05, 3.63) is 29.1 Å². The summed E-state index contributed by atoms with van der Waals surface area (Å²) in [5, 5.41) is -0.101. The first-order valence-corrected chi connectivity index (χ1v) is 4.37. The smallest absolute Gasteiger partial charge is 0.221 e. The van der Waals surface area contributed by atoms with Crippen LogP contribution in [0.1, 0.15) is 17.7 Å². The summed E-state index contributed by atoms with van der Waals surface area (Å²) in [6, 6.07) is 0.395. The molecule has 0 N–H and O–H groups in total. The second-order valence-electron chi connectivity index (χ2n) is 2.23. The van der Waals surface area contributed by atoms with Crippen molar-refractivity contribution in [2.24, 2.45) is 0 Å². The van der Waals surface area contributed by atoms with Gasteiger partial charge in [0, 0.05) is 11.4 Å². The SMILES string of the molecule is Fc1cc(C(F)F)c(F)c(CBr)n1. The second kappa shape index (κ2) is 4.04. The molecule has 0 aliphatic carbocycles. The van der Waals surface area contributed by atoms with Crippen molar-refractivity contribution in [2.45, 2.75) is 11.8 Å². The van der Waals surface area contributed by atoms with Crippen molar-refractivity contribution in [3.8, 4) is 0 Å². The third kappa shape index (κ3) is 2.18. The molecule has 0 aliphatic heterocycles. The normalized spacial score (nSPS) is 10.9. The molecule has 1 heterocycles. The van der Waals surface area contributed by atoms with Crippen molar-refractivity contribution in [3.63, 3.8) is 0 Å². The first-order chi connectivity index (χ1) is 6.06. The molecule has 0 spiro atoms. The van der Waals surface area contributed by atoms with Gasteiger partial charge >= 0.3 is 0 Å². The van der Waals surface area contributed by atoms with E-state index >= 15 is 0 Å². The number of rotatable bonds is 2. The fourth-order valence-corrected chi connectivity index (χ4v) is 1.19. The highest BCUT2D eigenvalue weighted by Gasteiger charge is 2.18. The highest BCUT2D eigenvalue weighted by molar-refractivity contribution is 9.08. The molecule has 1 aromatic rings. The van der Waals surface area contributed by atoms with Gasteiger partial charge in [0.2, 0.25) is 5.95 Å². The van der Waals surface area contributed by atoms with Gasteiger partial charge in [-0.05, 0) is 0 Å². The molecule has 1 rings (SSSR count). The maximum atomic E-state index is 13.0. The maximum Gasteiger partial charge on any atom is 0.266 e. The molecule has 0 amide bonds. The molecule has 0 fully saturated rings. The molecule has 0 bridgehead atoms. The monoisotopic (exact) mass is 257 g/mol. The Kier molecular flexibility index (Phi) is 3.24. The van der Waals surface area contributed by atoms with E-state index in [-0.39, 0.29) is 11.0 Å². The Bertz CT molecular complexity index is 316. The average molecular weight is 258 g/mol. The summed E-state index contributed by atoms with van der Waals surface area (Å²) in [6.07, 6.45) is -3.03. The second-order valence-corrected chi connectivity index (χ2v) is 2.79. The summed E-state index contributed by atoms with van der Waals surface area (Å²) >= 11 is 2.81. The fraction of sp³-hybridized carbons (Fsp3) is 0.286. The van der Waals surface area contributed by atoms with Gasteiger partial charge in [0.15, 0.2) is 5.82 Å². The van der Waals surface area contributed by atoms with Gasteiger partial charge in [0.25, 0.3) is 6.43 Å². The van der Waals surface area contributed by atoms with Crippen LogP contribution in [0.2, 0.25) is 0 Å². The summed E-state index contributed by atoms with van der Waals surface area (Å²) in [5.41, 5.74) is -1.31. The summed E-state index contributed by atoms with van der Waals surface area (Å²) in [7, 11) is 0. The minimum Gasteiger partial charge on any atom is -0.221 e. The lowest BCUT2D eigenvalue weighted by atomic mass is 10.2. The van der Waals surface area contributed by atoms with Crippen LogP contribution in [0.5, 0.6) is 0 Å². The van der Waals surface area contributed by atoms with Gasteiger partial charge in [-0.3, -0.25) is 0 Å².